The first kappa shape index (κ1) is 10.2. The van der Waals surface area contributed by atoms with Gasteiger partial charge >= 0.3 is 5.30 Å². The highest BCUT2D eigenvalue weighted by Crippen LogP contribution is 2.23. The molecule has 0 rings (SSSR count). The predicted octanol–water partition coefficient (Wildman–Crippen LogP) is 3.10. The topological polar surface area (TPSA) is 26.3 Å². The number of hydrogen-bond donors (Lipinski definition) is 0. The molecule has 0 atom stereocenters. The third-order valence-corrected chi connectivity index (χ3v) is 2.82. The first-order valence-corrected chi connectivity index (χ1v) is 5.41. The highest BCUT2D eigenvalue weighted by atomic mass is 33.1. The minimum atomic E-state index is -0.235. The summed E-state index contributed by atoms with van der Waals surface area (Å²) < 4.78 is 4.57. The average molecular weight is 179 g/mol. The zero-order chi connectivity index (χ0) is 7.82. The number of carbonyl (C=O) groups excluding carboxylic acids is 1. The van der Waals surface area contributed by atoms with Gasteiger partial charge in [-0.05, 0) is 13.3 Å². The molecule has 0 aliphatic heterocycles. The molecule has 0 amide bonds. The maximum absolute atomic E-state index is 10.6. The molecule has 2 nitrogen and oxygen atoms in total. The van der Waals surface area contributed by atoms with Crippen molar-refractivity contribution in [2.45, 2.75) is 20.3 Å². The molecule has 0 unspecified atom stereocenters. The standard InChI is InChI=1S/C6H11O2S2/c1-3-5-9-10-6(7)8-4-2/h4H,3,5H2,1-2H3. The van der Waals surface area contributed by atoms with Gasteiger partial charge in [0.25, 0.3) is 0 Å². The van der Waals surface area contributed by atoms with Crippen LogP contribution in [-0.4, -0.2) is 11.1 Å². The van der Waals surface area contributed by atoms with Crippen molar-refractivity contribution in [2.75, 3.05) is 5.75 Å². The van der Waals surface area contributed by atoms with Crippen molar-refractivity contribution in [1.29, 1.82) is 0 Å². The molecule has 0 N–H and O–H groups in total. The van der Waals surface area contributed by atoms with Crippen LogP contribution in [0.5, 0.6) is 0 Å². The SMILES string of the molecule is C[CH]OC(=O)SSCCC. The lowest BCUT2D eigenvalue weighted by atomic mass is 10.6. The minimum Gasteiger partial charge on any atom is -0.450 e. The van der Waals surface area contributed by atoms with Gasteiger partial charge < -0.3 is 4.74 Å². The molecule has 0 aromatic heterocycles. The van der Waals surface area contributed by atoms with Gasteiger partial charge in [-0.2, -0.15) is 0 Å². The summed E-state index contributed by atoms with van der Waals surface area (Å²) in [4.78, 5) is 10.6. The summed E-state index contributed by atoms with van der Waals surface area (Å²) in [7, 11) is 2.67. The largest absolute Gasteiger partial charge is 0.450 e. The number of carbonyl (C=O) groups is 1. The normalized spacial score (nSPS) is 9.40. The molecular weight excluding hydrogens is 168 g/mol. The molecule has 0 saturated carbocycles. The lowest BCUT2D eigenvalue weighted by Gasteiger charge is -1.97. The van der Waals surface area contributed by atoms with Crippen LogP contribution in [0.3, 0.4) is 0 Å². The summed E-state index contributed by atoms with van der Waals surface area (Å²) in [5.74, 6) is 0.990. The van der Waals surface area contributed by atoms with Gasteiger partial charge in [0.2, 0.25) is 0 Å². The lowest BCUT2D eigenvalue weighted by molar-refractivity contribution is 0.202. The maximum Gasteiger partial charge on any atom is 0.378 e. The van der Waals surface area contributed by atoms with E-state index in [-0.39, 0.29) is 5.30 Å². The molecule has 1 radical (unpaired) electrons. The fourth-order valence-electron chi connectivity index (χ4n) is 0.289. The van der Waals surface area contributed by atoms with Crippen LogP contribution in [-0.2, 0) is 4.74 Å². The fourth-order valence-corrected chi connectivity index (χ4v) is 1.93. The predicted molar refractivity (Wildman–Crippen MR) is 46.8 cm³/mol. The quantitative estimate of drug-likeness (QED) is 0.376. The van der Waals surface area contributed by atoms with Gasteiger partial charge in [0.1, 0.15) is 6.61 Å². The van der Waals surface area contributed by atoms with Crippen molar-refractivity contribution in [3.05, 3.63) is 6.61 Å². The second-order valence-corrected chi connectivity index (χ2v) is 3.86. The first-order valence-electron chi connectivity index (χ1n) is 3.09. The molecule has 0 aromatic carbocycles. The molecule has 0 saturated heterocycles. The van der Waals surface area contributed by atoms with E-state index in [0.717, 1.165) is 23.0 Å². The minimum absolute atomic E-state index is 0.235. The molecule has 0 aliphatic carbocycles. The van der Waals surface area contributed by atoms with Gasteiger partial charge in [-0.1, -0.05) is 17.7 Å². The van der Waals surface area contributed by atoms with Gasteiger partial charge in [0.15, 0.2) is 0 Å². The van der Waals surface area contributed by atoms with Crippen LogP contribution in [0.2, 0.25) is 0 Å². The molecule has 10 heavy (non-hydrogen) atoms. The Morgan fingerprint density at radius 2 is 2.40 bits per heavy atom. The third kappa shape index (κ3) is 6.29. The second kappa shape index (κ2) is 7.28. The molecule has 0 aromatic rings. The van der Waals surface area contributed by atoms with Crippen LogP contribution in [0.25, 0.3) is 0 Å². The Bertz CT molecular complexity index is 95.7. The molecule has 0 heterocycles. The van der Waals surface area contributed by atoms with Crippen LogP contribution in [0, 0.1) is 6.61 Å². The van der Waals surface area contributed by atoms with Gasteiger partial charge in [0, 0.05) is 16.5 Å². The van der Waals surface area contributed by atoms with Crippen LogP contribution < -0.4 is 0 Å². The van der Waals surface area contributed by atoms with E-state index in [9.17, 15) is 4.79 Å². The number of rotatable bonds is 4. The molecular formula is C6H11O2S2. The first-order chi connectivity index (χ1) is 4.81. The molecule has 0 bridgehead atoms. The van der Waals surface area contributed by atoms with E-state index in [1.807, 2.05) is 0 Å². The zero-order valence-corrected chi connectivity index (χ0v) is 7.76. The van der Waals surface area contributed by atoms with Crippen LogP contribution in [0.15, 0.2) is 0 Å². The monoisotopic (exact) mass is 179 g/mol. The molecule has 0 spiro atoms. The van der Waals surface area contributed by atoms with E-state index in [2.05, 4.69) is 11.7 Å². The summed E-state index contributed by atoms with van der Waals surface area (Å²) in [6.07, 6.45) is 1.08. The summed E-state index contributed by atoms with van der Waals surface area (Å²) >= 11 is 0. The van der Waals surface area contributed by atoms with Crippen molar-refractivity contribution < 1.29 is 9.53 Å². The van der Waals surface area contributed by atoms with E-state index in [4.69, 9.17) is 0 Å². The zero-order valence-electron chi connectivity index (χ0n) is 6.12. The van der Waals surface area contributed by atoms with Gasteiger partial charge in [-0.3, -0.25) is 0 Å². The lowest BCUT2D eigenvalue weighted by Crippen LogP contribution is -1.89. The van der Waals surface area contributed by atoms with E-state index in [0.29, 0.717) is 0 Å². The maximum atomic E-state index is 10.6. The van der Waals surface area contributed by atoms with E-state index >= 15 is 0 Å². The summed E-state index contributed by atoms with van der Waals surface area (Å²) in [5.41, 5.74) is 0. The third-order valence-electron chi connectivity index (χ3n) is 0.629. The Labute approximate surface area is 69.5 Å². The Balaban J connectivity index is 3.05. The molecule has 59 valence electrons. The van der Waals surface area contributed by atoms with E-state index < -0.39 is 0 Å². The van der Waals surface area contributed by atoms with E-state index in [1.165, 1.54) is 17.4 Å². The van der Waals surface area contributed by atoms with Crippen molar-refractivity contribution in [1.82, 2.24) is 0 Å². The van der Waals surface area contributed by atoms with Gasteiger partial charge in [0.05, 0.1) is 0 Å². The average Bonchev–Trinajstić information content (AvgIpc) is 1.89. The smallest absolute Gasteiger partial charge is 0.378 e. The van der Waals surface area contributed by atoms with Crippen molar-refractivity contribution >= 4 is 26.9 Å². The van der Waals surface area contributed by atoms with Gasteiger partial charge in [-0.15, -0.1) is 0 Å². The summed E-state index contributed by atoms with van der Waals surface area (Å²) in [5, 5.41) is -0.235. The Hall–Kier alpha value is 0.170. The Kier molecular flexibility index (Phi) is 7.40. The fraction of sp³-hybridized carbons (Fsp3) is 0.667. The highest BCUT2D eigenvalue weighted by Gasteiger charge is 2.00. The second-order valence-electron chi connectivity index (χ2n) is 1.51. The highest BCUT2D eigenvalue weighted by molar-refractivity contribution is 8.82. The van der Waals surface area contributed by atoms with Crippen LogP contribution in [0.1, 0.15) is 20.3 Å². The number of ether oxygens (including phenoxy) is 1. The van der Waals surface area contributed by atoms with Crippen molar-refractivity contribution in [2.24, 2.45) is 0 Å². The van der Waals surface area contributed by atoms with Crippen molar-refractivity contribution in [3.8, 4) is 0 Å². The van der Waals surface area contributed by atoms with Gasteiger partial charge in [-0.25, -0.2) is 4.79 Å². The molecule has 0 aliphatic rings. The summed E-state index contributed by atoms with van der Waals surface area (Å²) in [6.45, 7) is 5.15. The van der Waals surface area contributed by atoms with E-state index in [1.54, 1.807) is 6.92 Å². The summed E-state index contributed by atoms with van der Waals surface area (Å²) in [6, 6.07) is 0. The number of hydrogen-bond acceptors (Lipinski definition) is 4. The Morgan fingerprint density at radius 3 is 2.90 bits per heavy atom. The van der Waals surface area contributed by atoms with Crippen molar-refractivity contribution in [3.63, 3.8) is 0 Å². The van der Waals surface area contributed by atoms with Crippen LogP contribution >= 0.6 is 21.6 Å². The molecule has 4 heteroatoms. The van der Waals surface area contributed by atoms with Crippen LogP contribution in [0.4, 0.5) is 4.79 Å². The Morgan fingerprint density at radius 1 is 1.70 bits per heavy atom. The molecule has 0 fully saturated rings.